The lowest BCUT2D eigenvalue weighted by Crippen LogP contribution is -2.39. The third-order valence-corrected chi connectivity index (χ3v) is 9.40. The number of aromatic hydroxyl groups is 1. The van der Waals surface area contributed by atoms with E-state index in [1.807, 2.05) is 63.2 Å². The Bertz CT molecular complexity index is 1640. The maximum atomic E-state index is 13.9. The molecule has 240 valence electrons. The van der Waals surface area contributed by atoms with E-state index in [-0.39, 0.29) is 22.8 Å². The zero-order valence-corrected chi connectivity index (χ0v) is 26.6. The van der Waals surface area contributed by atoms with E-state index in [4.69, 9.17) is 0 Å². The first kappa shape index (κ1) is 33.4. The number of carbonyl (C=O) groups is 2. The fraction of sp³-hybridized carbons (Fsp3) is 0.351. The molecule has 2 amide bonds. The molecule has 3 aromatic carbocycles. The van der Waals surface area contributed by atoms with Crippen LogP contribution in [-0.2, 0) is 9.59 Å². The van der Waals surface area contributed by atoms with Crippen LogP contribution in [0.1, 0.15) is 61.3 Å². The van der Waals surface area contributed by atoms with Crippen LogP contribution in [-0.4, -0.2) is 57.0 Å². The lowest BCUT2D eigenvalue weighted by atomic mass is 9.67. The van der Waals surface area contributed by atoms with Crippen LogP contribution in [0.3, 0.4) is 0 Å². The van der Waals surface area contributed by atoms with Gasteiger partial charge in [0.15, 0.2) is 0 Å². The smallest absolute Gasteiger partial charge is 0.488 e. The molecule has 5 rings (SSSR count). The maximum Gasteiger partial charge on any atom is 0.488 e. The SMILES string of the molecule is CCCC1=C([C@H](O)CC/C(=C/c2cc(C)c(O)c(C)c2)c2ccccc2)[C@H](CO)[C@@H]2C(=O)N(c3cccc(B(O)O)c3)C(=O)[C@@H]2C1. The van der Waals surface area contributed by atoms with Crippen LogP contribution in [0.5, 0.6) is 5.75 Å². The number of aryl methyl sites for hydroxylation is 2. The normalized spacial score (nSPS) is 20.7. The van der Waals surface area contributed by atoms with Gasteiger partial charge in [-0.05, 0) is 103 Å². The largest absolute Gasteiger partial charge is 0.507 e. The number of hydrogen-bond acceptors (Lipinski definition) is 7. The summed E-state index contributed by atoms with van der Waals surface area (Å²) in [5.74, 6) is -2.80. The van der Waals surface area contributed by atoms with Crippen LogP contribution in [0.15, 0.2) is 77.9 Å². The van der Waals surface area contributed by atoms with Gasteiger partial charge in [-0.15, -0.1) is 0 Å². The molecule has 1 aliphatic heterocycles. The van der Waals surface area contributed by atoms with Gasteiger partial charge in [-0.2, -0.15) is 0 Å². The maximum absolute atomic E-state index is 13.9. The van der Waals surface area contributed by atoms with Crippen LogP contribution in [0.4, 0.5) is 5.69 Å². The Kier molecular flexibility index (Phi) is 10.3. The first-order valence-corrected chi connectivity index (χ1v) is 16.0. The molecule has 1 fully saturated rings. The Labute approximate surface area is 270 Å². The minimum absolute atomic E-state index is 0.160. The predicted octanol–water partition coefficient (Wildman–Crippen LogP) is 4.29. The molecule has 46 heavy (non-hydrogen) atoms. The van der Waals surface area contributed by atoms with Crippen LogP contribution < -0.4 is 10.4 Å². The average Bonchev–Trinajstić information content (AvgIpc) is 3.30. The molecule has 1 heterocycles. The number of allylic oxidation sites excluding steroid dienone is 2. The Balaban J connectivity index is 1.46. The fourth-order valence-corrected chi connectivity index (χ4v) is 7.25. The Hall–Kier alpha value is -4.02. The molecule has 0 bridgehead atoms. The number of phenols is 1. The molecule has 0 spiro atoms. The lowest BCUT2D eigenvalue weighted by molar-refractivity contribution is -0.123. The highest BCUT2D eigenvalue weighted by molar-refractivity contribution is 6.58. The van der Waals surface area contributed by atoms with Crippen LogP contribution in [0.2, 0.25) is 0 Å². The number of fused-ring (bicyclic) bond motifs is 1. The summed E-state index contributed by atoms with van der Waals surface area (Å²) in [6.07, 6.45) is 3.70. The van der Waals surface area contributed by atoms with Crippen molar-refractivity contribution in [3.05, 3.63) is 100 Å². The fourth-order valence-electron chi connectivity index (χ4n) is 7.25. The number of anilines is 1. The van der Waals surface area contributed by atoms with Gasteiger partial charge in [-0.1, -0.05) is 67.5 Å². The van der Waals surface area contributed by atoms with E-state index >= 15 is 0 Å². The molecule has 0 radical (unpaired) electrons. The summed E-state index contributed by atoms with van der Waals surface area (Å²) in [6.45, 7) is 5.36. The first-order chi connectivity index (χ1) is 22.0. The predicted molar refractivity (Wildman–Crippen MR) is 180 cm³/mol. The highest BCUT2D eigenvalue weighted by Gasteiger charge is 2.55. The summed E-state index contributed by atoms with van der Waals surface area (Å²) in [5.41, 5.74) is 6.47. The van der Waals surface area contributed by atoms with E-state index < -0.39 is 43.5 Å². The van der Waals surface area contributed by atoms with Crippen molar-refractivity contribution in [3.8, 4) is 5.75 Å². The second-order valence-corrected chi connectivity index (χ2v) is 12.5. The Morgan fingerprint density at radius 3 is 2.33 bits per heavy atom. The van der Waals surface area contributed by atoms with E-state index in [2.05, 4.69) is 6.08 Å². The van der Waals surface area contributed by atoms with Crippen molar-refractivity contribution in [2.75, 3.05) is 11.5 Å². The molecular formula is C37H42BNO7. The Morgan fingerprint density at radius 1 is 1.00 bits per heavy atom. The molecule has 0 saturated carbocycles. The summed E-state index contributed by atoms with van der Waals surface area (Å²) >= 11 is 0. The average molecular weight is 624 g/mol. The number of aliphatic hydroxyl groups is 2. The van der Waals surface area contributed by atoms with Gasteiger partial charge < -0.3 is 25.4 Å². The van der Waals surface area contributed by atoms with Crippen molar-refractivity contribution >= 4 is 41.7 Å². The summed E-state index contributed by atoms with van der Waals surface area (Å²) in [7, 11) is -1.75. The van der Waals surface area contributed by atoms with E-state index in [0.29, 0.717) is 31.3 Å². The van der Waals surface area contributed by atoms with E-state index in [0.717, 1.165) is 44.7 Å². The molecule has 9 heteroatoms. The van der Waals surface area contributed by atoms with Crippen molar-refractivity contribution < 1.29 is 35.0 Å². The van der Waals surface area contributed by atoms with Crippen molar-refractivity contribution in [1.29, 1.82) is 0 Å². The van der Waals surface area contributed by atoms with Crippen LogP contribution in [0, 0.1) is 31.6 Å². The van der Waals surface area contributed by atoms with Crippen molar-refractivity contribution in [3.63, 3.8) is 0 Å². The third-order valence-electron chi connectivity index (χ3n) is 9.40. The quantitative estimate of drug-likeness (QED) is 0.0930. The number of amides is 2. The molecule has 1 aliphatic carbocycles. The second kappa shape index (κ2) is 14.2. The zero-order chi connectivity index (χ0) is 33.1. The molecular weight excluding hydrogens is 581 g/mol. The number of aliphatic hydroxyl groups excluding tert-OH is 2. The van der Waals surface area contributed by atoms with Crippen LogP contribution in [0.25, 0.3) is 11.6 Å². The minimum atomic E-state index is -1.75. The second-order valence-electron chi connectivity index (χ2n) is 12.5. The van der Waals surface area contributed by atoms with E-state index in [1.165, 1.54) is 12.1 Å². The van der Waals surface area contributed by atoms with Gasteiger partial charge in [0.25, 0.3) is 0 Å². The molecule has 8 nitrogen and oxygen atoms in total. The molecule has 5 N–H and O–H groups in total. The van der Waals surface area contributed by atoms with Gasteiger partial charge >= 0.3 is 7.12 Å². The summed E-state index contributed by atoms with van der Waals surface area (Å²) in [6, 6.07) is 19.8. The molecule has 2 aliphatic rings. The monoisotopic (exact) mass is 623 g/mol. The van der Waals surface area contributed by atoms with Gasteiger partial charge in [-0.3, -0.25) is 14.5 Å². The van der Waals surface area contributed by atoms with Gasteiger partial charge in [0.2, 0.25) is 11.8 Å². The van der Waals surface area contributed by atoms with Crippen LogP contribution >= 0.6 is 0 Å². The first-order valence-electron chi connectivity index (χ1n) is 16.0. The molecule has 4 atom stereocenters. The van der Waals surface area contributed by atoms with Gasteiger partial charge in [0.05, 0.1) is 30.2 Å². The number of nitrogens with zero attached hydrogens (tertiary/aromatic N) is 1. The van der Waals surface area contributed by atoms with Gasteiger partial charge in [-0.25, -0.2) is 0 Å². The van der Waals surface area contributed by atoms with E-state index in [1.54, 1.807) is 12.1 Å². The summed E-state index contributed by atoms with van der Waals surface area (Å²) < 4.78 is 0. The number of imide groups is 1. The highest BCUT2D eigenvalue weighted by Crippen LogP contribution is 2.48. The molecule has 0 unspecified atom stereocenters. The topological polar surface area (TPSA) is 139 Å². The number of rotatable bonds is 11. The highest BCUT2D eigenvalue weighted by atomic mass is 16.4. The van der Waals surface area contributed by atoms with E-state index in [9.17, 15) is 35.0 Å². The third kappa shape index (κ3) is 6.60. The molecule has 3 aromatic rings. The van der Waals surface area contributed by atoms with Crippen molar-refractivity contribution in [2.24, 2.45) is 17.8 Å². The standard InChI is InChI=1S/C37H42BNO7/c1-4-9-27-19-30-34(37(44)39(36(30)43)29-13-8-12-28(20-29)38(45)46)31(21-40)33(27)32(41)15-14-26(25-10-6-5-7-11-25)18-24-16-22(2)35(42)23(3)17-24/h5-8,10-13,16-18,20,30-32,34,40-42,45-46H,4,9,14-15,19,21H2,1-3H3/b26-18-/t30-,31+,32-,34-/m1/s1. The summed E-state index contributed by atoms with van der Waals surface area (Å²) in [5, 5.41) is 52.2. The Morgan fingerprint density at radius 2 is 1.70 bits per heavy atom. The minimum Gasteiger partial charge on any atom is -0.507 e. The molecule has 1 saturated heterocycles. The van der Waals surface area contributed by atoms with Crippen molar-refractivity contribution in [1.82, 2.24) is 0 Å². The number of hydrogen-bond donors (Lipinski definition) is 5. The van der Waals surface area contributed by atoms with Gasteiger partial charge in [0, 0.05) is 5.92 Å². The van der Waals surface area contributed by atoms with Gasteiger partial charge in [0.1, 0.15) is 5.75 Å². The zero-order valence-electron chi connectivity index (χ0n) is 26.6. The molecule has 0 aromatic heterocycles. The lowest BCUT2D eigenvalue weighted by Gasteiger charge is -2.36. The summed E-state index contributed by atoms with van der Waals surface area (Å²) in [4.78, 5) is 28.7. The number of phenolic OH excluding ortho intramolecular Hbond substituents is 1. The number of benzene rings is 3. The number of carbonyl (C=O) groups excluding carboxylic acids is 2. The van der Waals surface area contributed by atoms with Crippen molar-refractivity contribution in [2.45, 2.75) is 59.0 Å².